The highest BCUT2D eigenvalue weighted by molar-refractivity contribution is 5.87. The van der Waals surface area contributed by atoms with Crippen molar-refractivity contribution in [1.82, 2.24) is 9.88 Å². The van der Waals surface area contributed by atoms with E-state index in [4.69, 9.17) is 5.26 Å². The largest absolute Gasteiger partial charge is 0.332 e. The minimum absolute atomic E-state index is 0.154. The summed E-state index contributed by atoms with van der Waals surface area (Å²) in [7, 11) is 0. The Balaban J connectivity index is 1.95. The molecule has 3 atom stereocenters. The van der Waals surface area contributed by atoms with Crippen molar-refractivity contribution in [3.63, 3.8) is 0 Å². The van der Waals surface area contributed by atoms with Crippen LogP contribution in [0.3, 0.4) is 0 Å². The second-order valence-electron chi connectivity index (χ2n) is 6.50. The van der Waals surface area contributed by atoms with Crippen molar-refractivity contribution in [3.8, 4) is 6.07 Å². The van der Waals surface area contributed by atoms with E-state index in [-0.39, 0.29) is 18.5 Å². The van der Waals surface area contributed by atoms with E-state index in [1.807, 2.05) is 6.07 Å². The lowest BCUT2D eigenvalue weighted by Gasteiger charge is -2.31. The molecule has 2 fully saturated rings. The molecule has 1 unspecified atom stereocenters. The Bertz CT molecular complexity index is 664. The topological polar surface area (TPSA) is 57.0 Å². The molecule has 0 aliphatic carbocycles. The van der Waals surface area contributed by atoms with E-state index in [1.165, 1.54) is 13.1 Å². The Labute approximate surface area is 127 Å². The molecule has 4 nitrogen and oxygen atoms in total. The molecule has 2 aliphatic heterocycles. The Morgan fingerprint density at radius 2 is 2.18 bits per heavy atom. The second-order valence-corrected chi connectivity index (χ2v) is 6.50. The molecule has 2 saturated heterocycles. The van der Waals surface area contributed by atoms with Gasteiger partial charge in [-0.3, -0.25) is 9.78 Å². The average Bonchev–Trinajstić information content (AvgIpc) is 2.98. The molecule has 116 valence electrons. The van der Waals surface area contributed by atoms with Gasteiger partial charge in [0.1, 0.15) is 11.5 Å². The third kappa shape index (κ3) is 1.99. The summed E-state index contributed by atoms with van der Waals surface area (Å²) < 4.78 is 27.8. The first-order valence-corrected chi connectivity index (χ1v) is 7.33. The highest BCUT2D eigenvalue weighted by Gasteiger charge is 2.62. The Morgan fingerprint density at radius 3 is 2.82 bits per heavy atom. The lowest BCUT2D eigenvalue weighted by Crippen LogP contribution is -2.44. The highest BCUT2D eigenvalue weighted by atomic mass is 19.3. The van der Waals surface area contributed by atoms with Gasteiger partial charge in [0.25, 0.3) is 5.92 Å². The predicted molar refractivity (Wildman–Crippen MR) is 74.9 cm³/mol. The number of amides is 1. The SMILES string of the molecule is CC(F)(F)C1(C)C[C@@H]2CC[C@H](c3cncc(C#N)c3)N2C1=O. The summed E-state index contributed by atoms with van der Waals surface area (Å²) in [6.07, 6.45) is 4.67. The predicted octanol–water partition coefficient (Wildman–Crippen LogP) is 3.05. The molecule has 0 spiro atoms. The minimum Gasteiger partial charge on any atom is -0.332 e. The molecule has 0 N–H and O–H groups in total. The fourth-order valence-electron chi connectivity index (χ4n) is 3.63. The van der Waals surface area contributed by atoms with Gasteiger partial charge in [0.15, 0.2) is 0 Å². The normalized spacial score (nSPS) is 31.2. The molecule has 22 heavy (non-hydrogen) atoms. The Kier molecular flexibility index (Phi) is 3.20. The highest BCUT2D eigenvalue weighted by Crippen LogP contribution is 2.54. The van der Waals surface area contributed by atoms with Crippen LogP contribution < -0.4 is 0 Å². The van der Waals surface area contributed by atoms with Crippen LogP contribution in [0.1, 0.15) is 50.3 Å². The number of carbonyl (C=O) groups excluding carboxylic acids is 1. The number of alkyl halides is 2. The van der Waals surface area contributed by atoms with Gasteiger partial charge in [0, 0.05) is 25.4 Å². The van der Waals surface area contributed by atoms with Gasteiger partial charge in [-0.2, -0.15) is 5.26 Å². The van der Waals surface area contributed by atoms with Gasteiger partial charge in [0.2, 0.25) is 5.91 Å². The van der Waals surface area contributed by atoms with Gasteiger partial charge in [0.05, 0.1) is 11.6 Å². The summed E-state index contributed by atoms with van der Waals surface area (Å²) >= 11 is 0. The molecular formula is C16H17F2N3O. The van der Waals surface area contributed by atoms with Gasteiger partial charge in [-0.15, -0.1) is 0 Å². The van der Waals surface area contributed by atoms with Crippen molar-refractivity contribution in [2.75, 3.05) is 0 Å². The molecule has 3 rings (SSSR count). The number of fused-ring (bicyclic) bond motifs is 1. The van der Waals surface area contributed by atoms with Crippen molar-refractivity contribution < 1.29 is 13.6 Å². The standard InChI is InChI=1S/C16H17F2N3O/c1-15(16(2,17)18)6-12-3-4-13(21(12)14(15)22)11-5-10(7-19)8-20-9-11/h5,8-9,12-13H,3-4,6H2,1-2H3/t12-,13+,15?/m0/s1. The minimum atomic E-state index is -3.05. The summed E-state index contributed by atoms with van der Waals surface area (Å²) in [5, 5.41) is 8.96. The first-order valence-electron chi connectivity index (χ1n) is 7.33. The molecule has 2 aliphatic rings. The van der Waals surface area contributed by atoms with Gasteiger partial charge in [-0.1, -0.05) is 0 Å². The smallest absolute Gasteiger partial charge is 0.259 e. The van der Waals surface area contributed by atoms with Crippen LogP contribution in [0.15, 0.2) is 18.5 Å². The zero-order valence-electron chi connectivity index (χ0n) is 12.5. The van der Waals surface area contributed by atoms with E-state index in [9.17, 15) is 13.6 Å². The third-order valence-corrected chi connectivity index (χ3v) is 5.10. The number of carbonyl (C=O) groups is 1. The van der Waals surface area contributed by atoms with Crippen molar-refractivity contribution in [1.29, 1.82) is 5.26 Å². The van der Waals surface area contributed by atoms with Crippen LogP contribution in [-0.4, -0.2) is 27.8 Å². The van der Waals surface area contributed by atoms with Crippen LogP contribution in [0.5, 0.6) is 0 Å². The van der Waals surface area contributed by atoms with Gasteiger partial charge >= 0.3 is 0 Å². The molecule has 1 amide bonds. The van der Waals surface area contributed by atoms with E-state index in [1.54, 1.807) is 17.2 Å². The van der Waals surface area contributed by atoms with Gasteiger partial charge in [-0.05, 0) is 37.8 Å². The van der Waals surface area contributed by atoms with E-state index in [2.05, 4.69) is 4.98 Å². The fourth-order valence-corrected chi connectivity index (χ4v) is 3.63. The number of hydrogen-bond donors (Lipinski definition) is 0. The van der Waals surface area contributed by atoms with Crippen molar-refractivity contribution >= 4 is 5.91 Å². The summed E-state index contributed by atoms with van der Waals surface area (Å²) in [5.41, 5.74) is -0.480. The van der Waals surface area contributed by atoms with E-state index >= 15 is 0 Å². The Morgan fingerprint density at radius 1 is 1.45 bits per heavy atom. The molecule has 0 radical (unpaired) electrons. The number of pyridine rings is 1. The van der Waals surface area contributed by atoms with Crippen molar-refractivity contribution in [3.05, 3.63) is 29.6 Å². The maximum absolute atomic E-state index is 13.9. The van der Waals surface area contributed by atoms with Crippen LogP contribution in [0.2, 0.25) is 0 Å². The number of rotatable bonds is 2. The maximum Gasteiger partial charge on any atom is 0.259 e. The van der Waals surface area contributed by atoms with Crippen molar-refractivity contribution in [2.45, 2.75) is 51.1 Å². The molecule has 0 bridgehead atoms. The number of nitrogens with zero attached hydrogens (tertiary/aromatic N) is 3. The molecule has 3 heterocycles. The lowest BCUT2D eigenvalue weighted by atomic mass is 9.80. The quantitative estimate of drug-likeness (QED) is 0.844. The van der Waals surface area contributed by atoms with Crippen molar-refractivity contribution in [2.24, 2.45) is 5.41 Å². The Hall–Kier alpha value is -2.03. The number of aromatic nitrogens is 1. The number of hydrogen-bond acceptors (Lipinski definition) is 3. The summed E-state index contributed by atoms with van der Waals surface area (Å²) in [6.45, 7) is 2.18. The first kappa shape index (κ1) is 14.9. The molecule has 6 heteroatoms. The van der Waals surface area contributed by atoms with E-state index in [0.29, 0.717) is 12.0 Å². The molecule has 0 aromatic carbocycles. The molecular weight excluding hydrogens is 288 g/mol. The third-order valence-electron chi connectivity index (χ3n) is 5.10. The zero-order valence-corrected chi connectivity index (χ0v) is 12.5. The van der Waals surface area contributed by atoms with Crippen LogP contribution in [0, 0.1) is 16.7 Å². The van der Waals surface area contributed by atoms with E-state index < -0.39 is 17.2 Å². The van der Waals surface area contributed by atoms with Gasteiger partial charge in [-0.25, -0.2) is 8.78 Å². The number of nitriles is 1. The maximum atomic E-state index is 13.9. The molecule has 1 aromatic rings. The van der Waals surface area contributed by atoms with Gasteiger partial charge < -0.3 is 4.90 Å². The van der Waals surface area contributed by atoms with E-state index in [0.717, 1.165) is 18.9 Å². The summed E-state index contributed by atoms with van der Waals surface area (Å²) in [4.78, 5) is 18.3. The summed E-state index contributed by atoms with van der Waals surface area (Å²) in [5.74, 6) is -3.54. The second kappa shape index (κ2) is 4.73. The fraction of sp³-hybridized carbons (Fsp3) is 0.562. The monoisotopic (exact) mass is 305 g/mol. The summed E-state index contributed by atoms with van der Waals surface area (Å²) in [6, 6.07) is 3.29. The number of halogens is 2. The van der Waals surface area contributed by atoms with Crippen LogP contribution >= 0.6 is 0 Å². The van der Waals surface area contributed by atoms with Crippen LogP contribution in [0.4, 0.5) is 8.78 Å². The van der Waals surface area contributed by atoms with Crippen LogP contribution in [-0.2, 0) is 4.79 Å². The molecule has 1 aromatic heterocycles. The lowest BCUT2D eigenvalue weighted by molar-refractivity contribution is -0.156. The zero-order chi connectivity index (χ0) is 16.1. The average molecular weight is 305 g/mol. The molecule has 0 saturated carbocycles. The van der Waals surface area contributed by atoms with Crippen LogP contribution in [0.25, 0.3) is 0 Å². The first-order chi connectivity index (χ1) is 10.3.